The number of carbonyl (C=O) groups excluding carboxylic acids is 1. The zero-order valence-corrected chi connectivity index (χ0v) is 10.5. The van der Waals surface area contributed by atoms with Gasteiger partial charge in [0.25, 0.3) is 0 Å². The summed E-state index contributed by atoms with van der Waals surface area (Å²) in [6.45, 7) is 1.88. The van der Waals surface area contributed by atoms with E-state index in [1.54, 1.807) is 12.3 Å². The predicted octanol–water partition coefficient (Wildman–Crippen LogP) is 2.29. The lowest BCUT2D eigenvalue weighted by molar-refractivity contribution is -0.115. The highest BCUT2D eigenvalue weighted by atomic mass is 19.1. The van der Waals surface area contributed by atoms with E-state index in [-0.39, 0.29) is 18.0 Å². The number of nitrogens with one attached hydrogen (secondary N) is 1. The number of aryl methyl sites for hydroxylation is 1. The molecular formula is C14H14FN3O. The average Bonchev–Trinajstić information content (AvgIpc) is 2.37. The molecule has 2 rings (SSSR count). The van der Waals surface area contributed by atoms with Crippen LogP contribution >= 0.6 is 0 Å². The zero-order valence-electron chi connectivity index (χ0n) is 10.5. The number of amides is 1. The smallest absolute Gasteiger partial charge is 0.230 e. The molecule has 0 saturated heterocycles. The van der Waals surface area contributed by atoms with Crippen LogP contribution < -0.4 is 11.1 Å². The van der Waals surface area contributed by atoms with E-state index in [4.69, 9.17) is 5.73 Å². The number of nitrogens with two attached hydrogens (primary N) is 1. The zero-order chi connectivity index (χ0) is 13.8. The highest BCUT2D eigenvalue weighted by Crippen LogP contribution is 2.19. The van der Waals surface area contributed by atoms with Crippen molar-refractivity contribution in [2.75, 3.05) is 11.1 Å². The van der Waals surface area contributed by atoms with E-state index in [0.29, 0.717) is 11.4 Å². The second kappa shape index (κ2) is 5.48. The number of nitrogens with zero attached hydrogens (tertiary/aromatic N) is 1. The second-order valence-corrected chi connectivity index (χ2v) is 4.22. The third kappa shape index (κ3) is 3.28. The Morgan fingerprint density at radius 3 is 2.95 bits per heavy atom. The van der Waals surface area contributed by atoms with Gasteiger partial charge in [0.1, 0.15) is 5.82 Å². The summed E-state index contributed by atoms with van der Waals surface area (Å²) in [4.78, 5) is 16.0. The molecule has 4 nitrogen and oxygen atoms in total. The minimum atomic E-state index is -0.446. The van der Waals surface area contributed by atoms with Crippen molar-refractivity contribution in [2.24, 2.45) is 0 Å². The highest BCUT2D eigenvalue weighted by molar-refractivity contribution is 5.94. The Hall–Kier alpha value is -2.43. The Morgan fingerprint density at radius 1 is 1.42 bits per heavy atom. The molecule has 0 unspecified atom stereocenters. The van der Waals surface area contributed by atoms with Crippen molar-refractivity contribution in [3.8, 4) is 0 Å². The van der Waals surface area contributed by atoms with Crippen LogP contribution in [0.1, 0.15) is 11.3 Å². The van der Waals surface area contributed by atoms with E-state index >= 15 is 0 Å². The van der Waals surface area contributed by atoms with Crippen molar-refractivity contribution in [2.45, 2.75) is 13.3 Å². The van der Waals surface area contributed by atoms with E-state index in [1.807, 2.05) is 13.0 Å². The average molecular weight is 259 g/mol. The number of pyridine rings is 1. The summed E-state index contributed by atoms with van der Waals surface area (Å²) >= 11 is 0. The van der Waals surface area contributed by atoms with Gasteiger partial charge in [-0.25, -0.2) is 4.39 Å². The number of anilines is 2. The summed E-state index contributed by atoms with van der Waals surface area (Å²) in [6, 6.07) is 7.54. The molecule has 0 aliphatic rings. The van der Waals surface area contributed by atoms with Crippen LogP contribution in [-0.2, 0) is 11.2 Å². The first-order valence-corrected chi connectivity index (χ1v) is 5.81. The Kier molecular flexibility index (Phi) is 3.75. The number of aromatic nitrogens is 1. The van der Waals surface area contributed by atoms with Gasteiger partial charge in [-0.2, -0.15) is 0 Å². The Labute approximate surface area is 110 Å². The molecule has 0 spiro atoms. The molecule has 0 aliphatic carbocycles. The Balaban J connectivity index is 2.10. The SMILES string of the molecule is Cc1cccnc1CC(=O)Nc1cc(F)ccc1N. The van der Waals surface area contributed by atoms with Crippen LogP contribution in [-0.4, -0.2) is 10.9 Å². The maximum atomic E-state index is 13.1. The van der Waals surface area contributed by atoms with Crippen LogP contribution in [0.2, 0.25) is 0 Å². The molecule has 0 atom stereocenters. The van der Waals surface area contributed by atoms with Gasteiger partial charge in [0.15, 0.2) is 0 Å². The van der Waals surface area contributed by atoms with Gasteiger partial charge >= 0.3 is 0 Å². The molecule has 0 saturated carbocycles. The first-order chi connectivity index (χ1) is 9.06. The van der Waals surface area contributed by atoms with Crippen LogP contribution in [0.15, 0.2) is 36.5 Å². The Morgan fingerprint density at radius 2 is 2.21 bits per heavy atom. The molecule has 1 heterocycles. The quantitative estimate of drug-likeness (QED) is 0.831. The topological polar surface area (TPSA) is 68.0 Å². The third-order valence-corrected chi connectivity index (χ3v) is 2.74. The van der Waals surface area contributed by atoms with Gasteiger partial charge in [0.05, 0.1) is 23.5 Å². The monoisotopic (exact) mass is 259 g/mol. The predicted molar refractivity (Wildman–Crippen MR) is 72.1 cm³/mol. The first-order valence-electron chi connectivity index (χ1n) is 5.81. The molecule has 1 amide bonds. The molecule has 0 aliphatic heterocycles. The lowest BCUT2D eigenvalue weighted by Gasteiger charge is -2.09. The lowest BCUT2D eigenvalue weighted by Crippen LogP contribution is -2.17. The molecular weight excluding hydrogens is 245 g/mol. The van der Waals surface area contributed by atoms with Gasteiger partial charge in [-0.05, 0) is 36.8 Å². The lowest BCUT2D eigenvalue weighted by atomic mass is 10.1. The second-order valence-electron chi connectivity index (χ2n) is 4.22. The number of halogens is 1. The summed E-state index contributed by atoms with van der Waals surface area (Å²) in [6.07, 6.45) is 1.76. The summed E-state index contributed by atoms with van der Waals surface area (Å²) in [5.41, 5.74) is 7.89. The van der Waals surface area contributed by atoms with E-state index in [0.717, 1.165) is 5.56 Å². The largest absolute Gasteiger partial charge is 0.397 e. The van der Waals surface area contributed by atoms with Crippen LogP contribution in [0.5, 0.6) is 0 Å². The molecule has 19 heavy (non-hydrogen) atoms. The standard InChI is InChI=1S/C14H14FN3O/c1-9-3-2-6-17-12(9)8-14(19)18-13-7-10(15)4-5-11(13)16/h2-7H,8,16H2,1H3,(H,18,19). The van der Waals surface area contributed by atoms with E-state index in [2.05, 4.69) is 10.3 Å². The number of rotatable bonds is 3. The molecule has 3 N–H and O–H groups in total. The fraction of sp³-hybridized carbons (Fsp3) is 0.143. The molecule has 0 fully saturated rings. The summed E-state index contributed by atoms with van der Waals surface area (Å²) in [5, 5.41) is 2.58. The number of hydrogen-bond donors (Lipinski definition) is 2. The molecule has 0 radical (unpaired) electrons. The number of hydrogen-bond acceptors (Lipinski definition) is 3. The summed E-state index contributed by atoms with van der Waals surface area (Å²) < 4.78 is 13.1. The van der Waals surface area contributed by atoms with Crippen molar-refractivity contribution >= 4 is 17.3 Å². The van der Waals surface area contributed by atoms with Gasteiger partial charge in [0.2, 0.25) is 5.91 Å². The van der Waals surface area contributed by atoms with Crippen molar-refractivity contribution in [1.29, 1.82) is 0 Å². The number of carbonyl (C=O) groups is 1. The summed E-state index contributed by atoms with van der Waals surface area (Å²) in [5.74, 6) is -0.724. The van der Waals surface area contributed by atoms with Gasteiger partial charge in [0, 0.05) is 6.20 Å². The van der Waals surface area contributed by atoms with Gasteiger partial charge < -0.3 is 11.1 Å². The molecule has 2 aromatic rings. The van der Waals surface area contributed by atoms with E-state index in [9.17, 15) is 9.18 Å². The van der Waals surface area contributed by atoms with Crippen LogP contribution in [0, 0.1) is 12.7 Å². The normalized spacial score (nSPS) is 10.2. The van der Waals surface area contributed by atoms with Gasteiger partial charge in [-0.1, -0.05) is 6.07 Å². The minimum absolute atomic E-state index is 0.128. The maximum Gasteiger partial charge on any atom is 0.230 e. The van der Waals surface area contributed by atoms with Crippen LogP contribution in [0.25, 0.3) is 0 Å². The molecule has 0 bridgehead atoms. The Bertz CT molecular complexity index is 613. The van der Waals surface area contributed by atoms with Crippen LogP contribution in [0.4, 0.5) is 15.8 Å². The third-order valence-electron chi connectivity index (χ3n) is 2.74. The fourth-order valence-corrected chi connectivity index (χ4v) is 1.69. The van der Waals surface area contributed by atoms with Crippen molar-refractivity contribution in [3.63, 3.8) is 0 Å². The van der Waals surface area contributed by atoms with Crippen molar-refractivity contribution in [3.05, 3.63) is 53.6 Å². The first kappa shape index (κ1) is 13.0. The van der Waals surface area contributed by atoms with Crippen molar-refractivity contribution < 1.29 is 9.18 Å². The summed E-state index contributed by atoms with van der Waals surface area (Å²) in [7, 11) is 0. The molecule has 5 heteroatoms. The van der Waals surface area contributed by atoms with E-state index in [1.165, 1.54) is 18.2 Å². The fourth-order valence-electron chi connectivity index (χ4n) is 1.69. The molecule has 98 valence electrons. The van der Waals surface area contributed by atoms with E-state index < -0.39 is 5.82 Å². The maximum absolute atomic E-state index is 13.1. The highest BCUT2D eigenvalue weighted by Gasteiger charge is 2.09. The molecule has 1 aromatic heterocycles. The molecule has 1 aromatic carbocycles. The van der Waals surface area contributed by atoms with Crippen LogP contribution in [0.3, 0.4) is 0 Å². The van der Waals surface area contributed by atoms with Crippen molar-refractivity contribution in [1.82, 2.24) is 4.98 Å². The van der Waals surface area contributed by atoms with Gasteiger partial charge in [-0.15, -0.1) is 0 Å². The number of nitrogen functional groups attached to an aromatic ring is 1. The minimum Gasteiger partial charge on any atom is -0.397 e. The van der Waals surface area contributed by atoms with Gasteiger partial charge in [-0.3, -0.25) is 9.78 Å². The number of benzene rings is 1.